The fourth-order valence-corrected chi connectivity index (χ4v) is 2.49. The van der Waals surface area contributed by atoms with Crippen LogP contribution in [-0.2, 0) is 7.05 Å². The Hall–Kier alpha value is -1.36. The lowest BCUT2D eigenvalue weighted by molar-refractivity contribution is 0.0577. The summed E-state index contributed by atoms with van der Waals surface area (Å²) in [7, 11) is 1.86. The van der Waals surface area contributed by atoms with Crippen LogP contribution >= 0.6 is 0 Å². The van der Waals surface area contributed by atoms with E-state index in [1.54, 1.807) is 10.8 Å². The molecule has 2 rings (SSSR count). The molecular weight excluding hydrogens is 240 g/mol. The standard InChI is InChI=1S/C14H24N4O/c1-14(2,3)11-17-7-9-18(10-8-17)13(19)12-15-5-6-16(12)4/h5-6H,7-11H2,1-4H3. The molecule has 5 heteroatoms. The van der Waals surface area contributed by atoms with Crippen molar-refractivity contribution in [2.45, 2.75) is 20.8 Å². The molecule has 0 unspecified atom stereocenters. The number of imidazole rings is 1. The first-order chi connectivity index (χ1) is 8.87. The Morgan fingerprint density at radius 1 is 1.26 bits per heavy atom. The van der Waals surface area contributed by atoms with Crippen LogP contribution in [0.5, 0.6) is 0 Å². The molecule has 1 amide bonds. The van der Waals surface area contributed by atoms with Crippen molar-refractivity contribution < 1.29 is 4.79 Å². The van der Waals surface area contributed by atoms with Gasteiger partial charge in [0.1, 0.15) is 0 Å². The molecule has 1 fully saturated rings. The molecule has 0 N–H and O–H groups in total. The van der Waals surface area contributed by atoms with Crippen LogP contribution in [0.4, 0.5) is 0 Å². The second-order valence-corrected chi connectivity index (χ2v) is 6.49. The lowest BCUT2D eigenvalue weighted by Gasteiger charge is -2.37. The Labute approximate surface area is 115 Å². The number of hydrogen-bond acceptors (Lipinski definition) is 3. The molecule has 2 heterocycles. The molecule has 0 radical (unpaired) electrons. The summed E-state index contributed by atoms with van der Waals surface area (Å²) < 4.78 is 1.78. The van der Waals surface area contributed by atoms with Gasteiger partial charge in [-0.1, -0.05) is 20.8 Å². The third-order valence-corrected chi connectivity index (χ3v) is 3.37. The van der Waals surface area contributed by atoms with E-state index in [1.165, 1.54) is 0 Å². The van der Waals surface area contributed by atoms with Crippen LogP contribution in [-0.4, -0.2) is 58.0 Å². The first-order valence-electron chi connectivity index (χ1n) is 6.86. The van der Waals surface area contributed by atoms with Crippen LogP contribution in [0.25, 0.3) is 0 Å². The van der Waals surface area contributed by atoms with Crippen LogP contribution in [0.1, 0.15) is 31.4 Å². The van der Waals surface area contributed by atoms with Gasteiger partial charge in [-0.15, -0.1) is 0 Å². The molecule has 1 aromatic rings. The van der Waals surface area contributed by atoms with Gasteiger partial charge in [-0.25, -0.2) is 4.98 Å². The van der Waals surface area contributed by atoms with Crippen molar-refractivity contribution in [3.63, 3.8) is 0 Å². The molecule has 106 valence electrons. The molecule has 0 aliphatic carbocycles. The van der Waals surface area contributed by atoms with Gasteiger partial charge in [0.05, 0.1) is 0 Å². The van der Waals surface area contributed by atoms with E-state index in [4.69, 9.17) is 0 Å². The van der Waals surface area contributed by atoms with E-state index in [0.717, 1.165) is 32.7 Å². The highest BCUT2D eigenvalue weighted by Gasteiger charge is 2.26. The van der Waals surface area contributed by atoms with E-state index in [1.807, 2.05) is 18.1 Å². The van der Waals surface area contributed by atoms with Crippen molar-refractivity contribution in [3.8, 4) is 0 Å². The van der Waals surface area contributed by atoms with E-state index in [-0.39, 0.29) is 5.91 Å². The molecule has 0 bridgehead atoms. The van der Waals surface area contributed by atoms with E-state index in [0.29, 0.717) is 11.2 Å². The van der Waals surface area contributed by atoms with Crippen molar-refractivity contribution in [3.05, 3.63) is 18.2 Å². The highest BCUT2D eigenvalue weighted by atomic mass is 16.2. The largest absolute Gasteiger partial charge is 0.333 e. The third kappa shape index (κ3) is 3.56. The SMILES string of the molecule is Cn1ccnc1C(=O)N1CCN(CC(C)(C)C)CC1. The third-order valence-electron chi connectivity index (χ3n) is 3.37. The molecule has 0 saturated carbocycles. The summed E-state index contributed by atoms with van der Waals surface area (Å²) >= 11 is 0. The molecule has 0 atom stereocenters. The summed E-state index contributed by atoms with van der Waals surface area (Å²) in [4.78, 5) is 20.8. The predicted molar refractivity (Wildman–Crippen MR) is 75.0 cm³/mol. The number of rotatable bonds is 2. The predicted octanol–water partition coefficient (Wildman–Crippen LogP) is 1.22. The number of aromatic nitrogens is 2. The number of nitrogens with zero attached hydrogens (tertiary/aromatic N) is 4. The van der Waals surface area contributed by atoms with E-state index in [2.05, 4.69) is 30.7 Å². The van der Waals surface area contributed by atoms with Crippen LogP contribution in [0.15, 0.2) is 12.4 Å². The highest BCUT2D eigenvalue weighted by Crippen LogP contribution is 2.17. The second-order valence-electron chi connectivity index (χ2n) is 6.49. The van der Waals surface area contributed by atoms with Gasteiger partial charge >= 0.3 is 0 Å². The average Bonchev–Trinajstić information content (AvgIpc) is 2.73. The number of carbonyl (C=O) groups excluding carboxylic acids is 1. The Bertz CT molecular complexity index is 439. The summed E-state index contributed by atoms with van der Waals surface area (Å²) in [5, 5.41) is 0. The smallest absolute Gasteiger partial charge is 0.289 e. The number of piperazine rings is 1. The Kier molecular flexibility index (Phi) is 3.94. The summed E-state index contributed by atoms with van der Waals surface area (Å²) in [6, 6.07) is 0. The summed E-state index contributed by atoms with van der Waals surface area (Å²) in [5.74, 6) is 0.576. The van der Waals surface area contributed by atoms with E-state index >= 15 is 0 Å². The molecule has 1 saturated heterocycles. The van der Waals surface area contributed by atoms with Gasteiger partial charge in [0.2, 0.25) is 0 Å². The van der Waals surface area contributed by atoms with Gasteiger partial charge in [0, 0.05) is 52.2 Å². The molecule has 5 nitrogen and oxygen atoms in total. The quantitative estimate of drug-likeness (QED) is 0.806. The monoisotopic (exact) mass is 264 g/mol. The molecule has 19 heavy (non-hydrogen) atoms. The zero-order valence-corrected chi connectivity index (χ0v) is 12.4. The lowest BCUT2D eigenvalue weighted by Crippen LogP contribution is -2.50. The first kappa shape index (κ1) is 14.1. The van der Waals surface area contributed by atoms with Gasteiger partial charge in [0.25, 0.3) is 5.91 Å². The lowest BCUT2D eigenvalue weighted by atomic mass is 9.96. The number of carbonyl (C=O) groups is 1. The Balaban J connectivity index is 1.90. The number of aryl methyl sites for hydroxylation is 1. The maximum atomic E-state index is 12.3. The maximum Gasteiger partial charge on any atom is 0.289 e. The van der Waals surface area contributed by atoms with Crippen molar-refractivity contribution in [1.29, 1.82) is 0 Å². The van der Waals surface area contributed by atoms with Gasteiger partial charge in [0.15, 0.2) is 5.82 Å². The zero-order chi connectivity index (χ0) is 14.0. The van der Waals surface area contributed by atoms with Crippen molar-refractivity contribution >= 4 is 5.91 Å². The van der Waals surface area contributed by atoms with E-state index < -0.39 is 0 Å². The van der Waals surface area contributed by atoms with Crippen LogP contribution in [0, 0.1) is 5.41 Å². The topological polar surface area (TPSA) is 41.4 Å². The highest BCUT2D eigenvalue weighted by molar-refractivity contribution is 5.90. The fraction of sp³-hybridized carbons (Fsp3) is 0.714. The first-order valence-corrected chi connectivity index (χ1v) is 6.86. The van der Waals surface area contributed by atoms with Crippen molar-refractivity contribution in [2.75, 3.05) is 32.7 Å². The summed E-state index contributed by atoms with van der Waals surface area (Å²) in [5.41, 5.74) is 0.311. The minimum absolute atomic E-state index is 0.0444. The van der Waals surface area contributed by atoms with Gasteiger partial charge < -0.3 is 9.47 Å². The zero-order valence-electron chi connectivity index (χ0n) is 12.4. The van der Waals surface area contributed by atoms with Crippen LogP contribution in [0.3, 0.4) is 0 Å². The Morgan fingerprint density at radius 2 is 1.89 bits per heavy atom. The van der Waals surface area contributed by atoms with Crippen molar-refractivity contribution in [1.82, 2.24) is 19.4 Å². The minimum Gasteiger partial charge on any atom is -0.333 e. The number of amides is 1. The summed E-state index contributed by atoms with van der Waals surface area (Å²) in [6.45, 7) is 11.3. The second kappa shape index (κ2) is 5.33. The van der Waals surface area contributed by atoms with Crippen LogP contribution < -0.4 is 0 Å². The van der Waals surface area contributed by atoms with E-state index in [9.17, 15) is 4.79 Å². The molecule has 1 aromatic heterocycles. The number of hydrogen-bond donors (Lipinski definition) is 0. The molecular formula is C14H24N4O. The van der Waals surface area contributed by atoms with Gasteiger partial charge in [-0.05, 0) is 5.41 Å². The normalized spacial score (nSPS) is 17.8. The molecule has 0 spiro atoms. The van der Waals surface area contributed by atoms with Crippen LogP contribution in [0.2, 0.25) is 0 Å². The molecule has 1 aliphatic heterocycles. The maximum absolute atomic E-state index is 12.3. The minimum atomic E-state index is 0.0444. The molecule has 0 aromatic carbocycles. The summed E-state index contributed by atoms with van der Waals surface area (Å²) in [6.07, 6.45) is 3.48. The van der Waals surface area contributed by atoms with Gasteiger partial charge in [-0.3, -0.25) is 9.69 Å². The Morgan fingerprint density at radius 3 is 2.37 bits per heavy atom. The molecule has 1 aliphatic rings. The van der Waals surface area contributed by atoms with Crippen molar-refractivity contribution in [2.24, 2.45) is 12.5 Å². The average molecular weight is 264 g/mol. The fourth-order valence-electron chi connectivity index (χ4n) is 2.49. The van der Waals surface area contributed by atoms with Gasteiger partial charge in [-0.2, -0.15) is 0 Å².